The molecule has 0 amide bonds. The van der Waals surface area contributed by atoms with Gasteiger partial charge in [-0.05, 0) is 6.07 Å². The fraction of sp³-hybridized carbons (Fsp3) is 0.600. The Morgan fingerprint density at radius 2 is 1.71 bits per heavy atom. The average Bonchev–Trinajstić information content (AvgIpc) is 2.57. The number of pyridine rings is 1. The van der Waals surface area contributed by atoms with E-state index in [9.17, 15) is 4.79 Å². The van der Waals surface area contributed by atoms with Crippen molar-refractivity contribution < 1.29 is 23.7 Å². The minimum Gasteiger partial charge on any atom is -0.475 e. The minimum atomic E-state index is 0.101. The molecule has 0 unspecified atom stereocenters. The molecular weight excluding hydrogens is 274 g/mol. The Labute approximate surface area is 127 Å². The average molecular weight is 301 g/mol. The van der Waals surface area contributed by atoms with Crippen LogP contribution in [-0.4, -0.2) is 45.5 Å². The van der Waals surface area contributed by atoms with E-state index in [4.69, 9.17) is 18.9 Å². The van der Waals surface area contributed by atoms with Gasteiger partial charge in [-0.25, -0.2) is 4.98 Å². The molecule has 1 aromatic rings. The largest absolute Gasteiger partial charge is 0.475 e. The van der Waals surface area contributed by atoms with Crippen LogP contribution >= 0.6 is 0 Å². The molecule has 1 heterocycles. The highest BCUT2D eigenvalue weighted by atomic mass is 16.7. The third-order valence-corrected chi connectivity index (χ3v) is 1.85. The van der Waals surface area contributed by atoms with E-state index in [1.54, 1.807) is 13.2 Å². The number of hydrogen-bond donors (Lipinski definition) is 0. The highest BCUT2D eigenvalue weighted by molar-refractivity contribution is 5.78. The van der Waals surface area contributed by atoms with Gasteiger partial charge in [-0.15, -0.1) is 0 Å². The van der Waals surface area contributed by atoms with Gasteiger partial charge in [0, 0.05) is 14.2 Å². The van der Waals surface area contributed by atoms with E-state index in [1.807, 2.05) is 27.7 Å². The number of aromatic nitrogens is 1. The van der Waals surface area contributed by atoms with Crippen molar-refractivity contribution in [3.63, 3.8) is 0 Å². The van der Waals surface area contributed by atoms with E-state index in [0.717, 1.165) is 0 Å². The van der Waals surface area contributed by atoms with Crippen molar-refractivity contribution in [1.82, 2.24) is 4.98 Å². The zero-order valence-corrected chi connectivity index (χ0v) is 13.8. The van der Waals surface area contributed by atoms with E-state index in [1.165, 1.54) is 13.3 Å². The molecule has 0 N–H and O–H groups in total. The van der Waals surface area contributed by atoms with Gasteiger partial charge < -0.3 is 18.9 Å². The van der Waals surface area contributed by atoms with Gasteiger partial charge in [0.2, 0.25) is 5.88 Å². The second-order valence-corrected chi connectivity index (χ2v) is 3.08. The molecule has 0 radical (unpaired) electrons. The first-order chi connectivity index (χ1) is 10.3. The van der Waals surface area contributed by atoms with Crippen LogP contribution in [0.5, 0.6) is 11.6 Å². The highest BCUT2D eigenvalue weighted by Crippen LogP contribution is 2.19. The van der Waals surface area contributed by atoms with Gasteiger partial charge in [-0.1, -0.05) is 27.7 Å². The summed E-state index contributed by atoms with van der Waals surface area (Å²) >= 11 is 0. The third kappa shape index (κ3) is 9.81. The summed E-state index contributed by atoms with van der Waals surface area (Å²) in [5.41, 5.74) is 0.328. The lowest BCUT2D eigenvalue weighted by Gasteiger charge is -2.09. The molecule has 0 aliphatic carbocycles. The number of carbonyl (C=O) groups excluding carboxylic acids is 1. The predicted octanol–water partition coefficient (Wildman–Crippen LogP) is 2.95. The SMILES string of the molecule is CC.CC.COCCOc1ncc(OCOC)cc1C=O. The summed E-state index contributed by atoms with van der Waals surface area (Å²) in [5.74, 6) is 0.717. The summed E-state index contributed by atoms with van der Waals surface area (Å²) in [6, 6.07) is 1.54. The number of aldehydes is 1. The Kier molecular flexibility index (Phi) is 16.9. The van der Waals surface area contributed by atoms with E-state index in [-0.39, 0.29) is 12.7 Å². The molecule has 0 saturated heterocycles. The highest BCUT2D eigenvalue weighted by Gasteiger charge is 2.07. The van der Waals surface area contributed by atoms with Crippen LogP contribution in [0, 0.1) is 0 Å². The third-order valence-electron chi connectivity index (χ3n) is 1.85. The summed E-state index contributed by atoms with van der Waals surface area (Å²) in [4.78, 5) is 14.8. The van der Waals surface area contributed by atoms with Crippen molar-refractivity contribution in [3.05, 3.63) is 17.8 Å². The lowest BCUT2D eigenvalue weighted by molar-refractivity contribution is 0.0506. The second-order valence-electron chi connectivity index (χ2n) is 3.08. The van der Waals surface area contributed by atoms with E-state index < -0.39 is 0 Å². The van der Waals surface area contributed by atoms with Crippen molar-refractivity contribution in [3.8, 4) is 11.6 Å². The Morgan fingerprint density at radius 3 is 2.24 bits per heavy atom. The Hall–Kier alpha value is -1.66. The summed E-state index contributed by atoms with van der Waals surface area (Å²) in [5, 5.41) is 0. The van der Waals surface area contributed by atoms with Crippen molar-refractivity contribution in [2.75, 3.05) is 34.2 Å². The number of hydrogen-bond acceptors (Lipinski definition) is 6. The lowest BCUT2D eigenvalue weighted by atomic mass is 10.3. The summed E-state index contributed by atoms with van der Waals surface area (Å²) in [6.45, 7) is 8.87. The van der Waals surface area contributed by atoms with Gasteiger partial charge >= 0.3 is 0 Å². The first kappa shape index (κ1) is 21.6. The van der Waals surface area contributed by atoms with Gasteiger partial charge in [0.1, 0.15) is 12.4 Å². The molecule has 0 saturated carbocycles. The molecular formula is C15H27NO5. The normalized spacial score (nSPS) is 8.67. The molecule has 122 valence electrons. The van der Waals surface area contributed by atoms with E-state index in [0.29, 0.717) is 30.8 Å². The fourth-order valence-corrected chi connectivity index (χ4v) is 1.08. The van der Waals surface area contributed by atoms with Crippen LogP contribution in [0.4, 0.5) is 0 Å². The summed E-state index contributed by atoms with van der Waals surface area (Å²) in [6.07, 6.45) is 2.13. The maximum absolute atomic E-state index is 10.8. The van der Waals surface area contributed by atoms with Gasteiger partial charge in [0.15, 0.2) is 13.1 Å². The van der Waals surface area contributed by atoms with Crippen LogP contribution < -0.4 is 9.47 Å². The van der Waals surface area contributed by atoms with Crippen LogP contribution in [0.25, 0.3) is 0 Å². The molecule has 0 aromatic carbocycles. The van der Waals surface area contributed by atoms with E-state index >= 15 is 0 Å². The first-order valence-electron chi connectivity index (χ1n) is 7.00. The molecule has 21 heavy (non-hydrogen) atoms. The molecule has 6 heteroatoms. The van der Waals surface area contributed by atoms with Gasteiger partial charge in [-0.2, -0.15) is 0 Å². The lowest BCUT2D eigenvalue weighted by Crippen LogP contribution is -2.08. The van der Waals surface area contributed by atoms with Crippen LogP contribution in [0.15, 0.2) is 12.3 Å². The maximum atomic E-state index is 10.8. The zero-order valence-electron chi connectivity index (χ0n) is 13.8. The topological polar surface area (TPSA) is 66.9 Å². The number of nitrogens with zero attached hydrogens (tertiary/aromatic N) is 1. The maximum Gasteiger partial charge on any atom is 0.224 e. The van der Waals surface area contributed by atoms with Gasteiger partial charge in [0.05, 0.1) is 18.4 Å². The quantitative estimate of drug-likeness (QED) is 0.418. The minimum absolute atomic E-state index is 0.101. The van der Waals surface area contributed by atoms with Crippen LogP contribution in [0.1, 0.15) is 38.1 Å². The van der Waals surface area contributed by atoms with Crippen molar-refractivity contribution in [1.29, 1.82) is 0 Å². The van der Waals surface area contributed by atoms with Gasteiger partial charge in [0.25, 0.3) is 0 Å². The standard InChI is InChI=1S/C11H15NO5.2C2H6/c1-14-3-4-16-11-9(7-13)5-10(6-12-11)17-8-15-2;2*1-2/h5-7H,3-4,8H2,1-2H3;2*1-2H3. The van der Waals surface area contributed by atoms with Gasteiger partial charge in [-0.3, -0.25) is 4.79 Å². The Balaban J connectivity index is 0. The number of rotatable bonds is 8. The summed E-state index contributed by atoms with van der Waals surface area (Å²) in [7, 11) is 3.08. The molecule has 0 aliphatic rings. The number of carbonyl (C=O) groups is 1. The summed E-state index contributed by atoms with van der Waals surface area (Å²) < 4.78 is 20.0. The van der Waals surface area contributed by atoms with E-state index in [2.05, 4.69) is 4.98 Å². The molecule has 0 aliphatic heterocycles. The fourth-order valence-electron chi connectivity index (χ4n) is 1.08. The molecule has 0 spiro atoms. The first-order valence-corrected chi connectivity index (χ1v) is 7.00. The Bertz CT molecular complexity index is 358. The molecule has 0 fully saturated rings. The van der Waals surface area contributed by atoms with Crippen molar-refractivity contribution in [2.24, 2.45) is 0 Å². The number of ether oxygens (including phenoxy) is 4. The molecule has 0 bridgehead atoms. The van der Waals surface area contributed by atoms with Crippen LogP contribution in [0.2, 0.25) is 0 Å². The smallest absolute Gasteiger partial charge is 0.224 e. The Morgan fingerprint density at radius 1 is 1.05 bits per heavy atom. The molecule has 6 nitrogen and oxygen atoms in total. The molecule has 0 atom stereocenters. The zero-order chi connectivity index (χ0) is 16.5. The molecule has 1 rings (SSSR count). The molecule has 1 aromatic heterocycles. The monoisotopic (exact) mass is 301 g/mol. The second kappa shape index (κ2) is 16.4. The van der Waals surface area contributed by atoms with Crippen LogP contribution in [0.3, 0.4) is 0 Å². The predicted molar refractivity (Wildman–Crippen MR) is 82.2 cm³/mol. The van der Waals surface area contributed by atoms with Crippen LogP contribution in [-0.2, 0) is 9.47 Å². The van der Waals surface area contributed by atoms with Crippen molar-refractivity contribution >= 4 is 6.29 Å². The van der Waals surface area contributed by atoms with Crippen molar-refractivity contribution in [2.45, 2.75) is 27.7 Å². The number of methoxy groups -OCH3 is 2.